The van der Waals surface area contributed by atoms with Crippen molar-refractivity contribution in [3.05, 3.63) is 55.5 Å². The molecule has 0 aliphatic heterocycles. The maximum Gasteiger partial charge on any atom is 0.238 e. The van der Waals surface area contributed by atoms with Gasteiger partial charge in [0.25, 0.3) is 0 Å². The summed E-state index contributed by atoms with van der Waals surface area (Å²) in [5.41, 5.74) is 5.24. The largest absolute Gasteiger partial charge is 0.496 e. The molecule has 2 aromatic carbocycles. The number of aryl methyl sites for hydroxylation is 3. The average molecular weight is 484 g/mol. The number of ether oxygens (including phenoxy) is 1. The minimum absolute atomic E-state index is 0.0558. The van der Waals surface area contributed by atoms with Crippen molar-refractivity contribution in [2.24, 2.45) is 0 Å². The lowest BCUT2D eigenvalue weighted by Gasteiger charge is -2.19. The number of methoxy groups -OCH3 is 1. The summed E-state index contributed by atoms with van der Waals surface area (Å²) in [6.07, 6.45) is 0. The second kappa shape index (κ2) is 9.02. The van der Waals surface area contributed by atoms with E-state index in [1.54, 1.807) is 7.11 Å². The lowest BCUT2D eigenvalue weighted by molar-refractivity contribution is -0.117. The van der Waals surface area contributed by atoms with Crippen molar-refractivity contribution in [3.8, 4) is 5.75 Å². The van der Waals surface area contributed by atoms with Gasteiger partial charge in [0, 0.05) is 15.5 Å². The number of carbonyl (C=O) groups excluding carboxylic acids is 1. The number of carbonyl (C=O) groups is 1. The highest BCUT2D eigenvalue weighted by molar-refractivity contribution is 9.11. The van der Waals surface area contributed by atoms with Crippen LogP contribution in [-0.4, -0.2) is 31.5 Å². The van der Waals surface area contributed by atoms with Crippen LogP contribution in [-0.2, 0) is 11.3 Å². The zero-order valence-electron chi connectivity index (χ0n) is 15.7. The maximum absolute atomic E-state index is 12.4. The van der Waals surface area contributed by atoms with Gasteiger partial charge in [0.15, 0.2) is 0 Å². The Bertz CT molecular complexity index is 775. The van der Waals surface area contributed by atoms with Gasteiger partial charge in [-0.3, -0.25) is 9.69 Å². The Balaban J connectivity index is 2.02. The number of amides is 1. The predicted molar refractivity (Wildman–Crippen MR) is 114 cm³/mol. The number of likely N-dealkylation sites (N-methyl/N-ethyl adjacent to an activating group) is 1. The maximum atomic E-state index is 12.4. The molecule has 0 spiro atoms. The average Bonchev–Trinajstić information content (AvgIpc) is 2.50. The molecule has 4 nitrogen and oxygen atoms in total. The van der Waals surface area contributed by atoms with Crippen molar-refractivity contribution >= 4 is 43.5 Å². The molecule has 0 bridgehead atoms. The van der Waals surface area contributed by atoms with Crippen molar-refractivity contribution in [2.75, 3.05) is 26.0 Å². The molecule has 6 heteroatoms. The Labute approximate surface area is 172 Å². The van der Waals surface area contributed by atoms with Crippen molar-refractivity contribution in [2.45, 2.75) is 27.3 Å². The highest BCUT2D eigenvalue weighted by atomic mass is 79.9. The third kappa shape index (κ3) is 5.32. The first-order valence-electron chi connectivity index (χ1n) is 8.29. The molecule has 0 fully saturated rings. The van der Waals surface area contributed by atoms with Gasteiger partial charge in [-0.15, -0.1) is 0 Å². The summed E-state index contributed by atoms with van der Waals surface area (Å²) in [6.45, 7) is 7.07. The predicted octanol–water partition coefficient (Wildman–Crippen LogP) is 5.22. The van der Waals surface area contributed by atoms with Gasteiger partial charge in [0.1, 0.15) is 5.75 Å². The van der Waals surface area contributed by atoms with E-state index in [1.165, 1.54) is 0 Å². The molecule has 2 aromatic rings. The lowest BCUT2D eigenvalue weighted by atomic mass is 10.1. The molecule has 140 valence electrons. The van der Waals surface area contributed by atoms with Crippen LogP contribution in [0.25, 0.3) is 0 Å². The van der Waals surface area contributed by atoms with Gasteiger partial charge in [-0.2, -0.15) is 0 Å². The Morgan fingerprint density at radius 1 is 1.08 bits per heavy atom. The zero-order valence-corrected chi connectivity index (χ0v) is 18.9. The van der Waals surface area contributed by atoms with Gasteiger partial charge in [-0.25, -0.2) is 0 Å². The van der Waals surface area contributed by atoms with Crippen LogP contribution in [0.4, 0.5) is 5.69 Å². The molecule has 0 aliphatic carbocycles. The van der Waals surface area contributed by atoms with Crippen LogP contribution in [0.1, 0.15) is 22.3 Å². The third-order valence-corrected chi connectivity index (χ3v) is 5.29. The Hall–Kier alpha value is -1.37. The molecule has 0 saturated carbocycles. The van der Waals surface area contributed by atoms with Crippen LogP contribution in [0.5, 0.6) is 5.75 Å². The Morgan fingerprint density at radius 2 is 1.62 bits per heavy atom. The van der Waals surface area contributed by atoms with Crippen LogP contribution >= 0.6 is 31.9 Å². The monoisotopic (exact) mass is 482 g/mol. The topological polar surface area (TPSA) is 41.6 Å². The smallest absolute Gasteiger partial charge is 0.238 e. The molecule has 0 saturated heterocycles. The minimum atomic E-state index is -0.0558. The number of benzene rings is 2. The normalized spacial score (nSPS) is 10.9. The van der Waals surface area contributed by atoms with Crippen LogP contribution in [0.15, 0.2) is 33.2 Å². The first-order valence-corrected chi connectivity index (χ1v) is 9.88. The Kier molecular flexibility index (Phi) is 7.26. The molecular formula is C20H24Br2N2O2. The van der Waals surface area contributed by atoms with E-state index in [2.05, 4.69) is 49.3 Å². The van der Waals surface area contributed by atoms with E-state index in [1.807, 2.05) is 44.9 Å². The van der Waals surface area contributed by atoms with Crippen LogP contribution in [0.2, 0.25) is 0 Å². The van der Waals surface area contributed by atoms with Crippen LogP contribution < -0.4 is 10.1 Å². The number of hydrogen-bond acceptors (Lipinski definition) is 3. The molecule has 0 atom stereocenters. The summed E-state index contributed by atoms with van der Waals surface area (Å²) in [6, 6.07) is 8.17. The molecule has 0 aliphatic rings. The quantitative estimate of drug-likeness (QED) is 0.612. The fraction of sp³-hybridized carbons (Fsp3) is 0.350. The molecular weight excluding hydrogens is 460 g/mol. The summed E-state index contributed by atoms with van der Waals surface area (Å²) >= 11 is 7.01. The molecule has 0 radical (unpaired) electrons. The number of hydrogen-bond donors (Lipinski definition) is 1. The van der Waals surface area contributed by atoms with E-state index in [9.17, 15) is 4.79 Å². The molecule has 2 rings (SSSR count). The summed E-state index contributed by atoms with van der Waals surface area (Å²) < 4.78 is 7.14. The van der Waals surface area contributed by atoms with Crippen molar-refractivity contribution in [1.29, 1.82) is 0 Å². The van der Waals surface area contributed by atoms with E-state index in [0.717, 1.165) is 42.6 Å². The van der Waals surface area contributed by atoms with Gasteiger partial charge in [-0.05, 0) is 94.1 Å². The second-order valence-electron chi connectivity index (χ2n) is 6.59. The highest BCUT2D eigenvalue weighted by Gasteiger charge is 2.13. The summed E-state index contributed by atoms with van der Waals surface area (Å²) in [5.74, 6) is 0.864. The second-order valence-corrected chi connectivity index (χ2v) is 8.30. The molecule has 1 amide bonds. The SMILES string of the molecule is COc1c(C)cc(CN(C)CC(=O)Nc2c(Br)cc(C)cc2Br)cc1C. The first kappa shape index (κ1) is 20.9. The third-order valence-electron chi connectivity index (χ3n) is 4.04. The van der Waals surface area contributed by atoms with E-state index in [-0.39, 0.29) is 5.91 Å². The van der Waals surface area contributed by atoms with Gasteiger partial charge in [0.2, 0.25) is 5.91 Å². The summed E-state index contributed by atoms with van der Waals surface area (Å²) in [4.78, 5) is 14.4. The molecule has 0 aromatic heterocycles. The van der Waals surface area contributed by atoms with Crippen molar-refractivity contribution in [1.82, 2.24) is 4.90 Å². The molecule has 1 N–H and O–H groups in total. The van der Waals surface area contributed by atoms with Gasteiger partial charge in [-0.1, -0.05) is 12.1 Å². The van der Waals surface area contributed by atoms with Gasteiger partial charge >= 0.3 is 0 Å². The number of halogens is 2. The number of nitrogens with zero attached hydrogens (tertiary/aromatic N) is 1. The molecule has 26 heavy (non-hydrogen) atoms. The number of nitrogens with one attached hydrogen (secondary N) is 1. The first-order chi connectivity index (χ1) is 12.2. The van der Waals surface area contributed by atoms with Gasteiger partial charge < -0.3 is 10.1 Å². The molecule has 0 unspecified atom stereocenters. The molecule has 0 heterocycles. The standard InChI is InChI=1S/C20H24Br2N2O2/c1-12-6-16(21)19(17(22)7-12)23-18(25)11-24(4)10-15-8-13(2)20(26-5)14(3)9-15/h6-9H,10-11H2,1-5H3,(H,23,25). The fourth-order valence-electron chi connectivity index (χ4n) is 3.06. The lowest BCUT2D eigenvalue weighted by Crippen LogP contribution is -2.30. The van der Waals surface area contributed by atoms with E-state index < -0.39 is 0 Å². The van der Waals surface area contributed by atoms with Gasteiger partial charge in [0.05, 0.1) is 19.3 Å². The highest BCUT2D eigenvalue weighted by Crippen LogP contribution is 2.32. The summed E-state index contributed by atoms with van der Waals surface area (Å²) in [5, 5.41) is 2.97. The van der Waals surface area contributed by atoms with Crippen molar-refractivity contribution in [3.63, 3.8) is 0 Å². The van der Waals surface area contributed by atoms with Crippen LogP contribution in [0.3, 0.4) is 0 Å². The van der Waals surface area contributed by atoms with E-state index >= 15 is 0 Å². The number of anilines is 1. The van der Waals surface area contributed by atoms with Crippen LogP contribution in [0, 0.1) is 20.8 Å². The fourth-order valence-corrected chi connectivity index (χ4v) is 4.68. The zero-order chi connectivity index (χ0) is 19.4. The van der Waals surface area contributed by atoms with E-state index in [4.69, 9.17) is 4.74 Å². The van der Waals surface area contributed by atoms with Crippen molar-refractivity contribution < 1.29 is 9.53 Å². The summed E-state index contributed by atoms with van der Waals surface area (Å²) in [7, 11) is 3.63. The Morgan fingerprint density at radius 3 is 2.12 bits per heavy atom. The number of rotatable bonds is 6. The van der Waals surface area contributed by atoms with E-state index in [0.29, 0.717) is 13.1 Å². The minimum Gasteiger partial charge on any atom is -0.496 e.